The maximum absolute atomic E-state index is 12.2. The maximum atomic E-state index is 12.2. The van der Waals surface area contributed by atoms with E-state index >= 15 is 0 Å². The molecule has 1 amide bonds. The first-order valence-corrected chi connectivity index (χ1v) is 8.50. The molecular formula is C17H23N5O3. The fraction of sp³-hybridized carbons (Fsp3) is 0.529. The number of rotatable bonds is 7. The first-order valence-electron chi connectivity index (χ1n) is 8.50. The second-order valence-electron chi connectivity index (χ2n) is 6.43. The van der Waals surface area contributed by atoms with Gasteiger partial charge in [0.05, 0.1) is 18.7 Å². The molecule has 8 nitrogen and oxygen atoms in total. The van der Waals surface area contributed by atoms with Crippen LogP contribution in [0.5, 0.6) is 0 Å². The predicted molar refractivity (Wildman–Crippen MR) is 91.2 cm³/mol. The molecule has 3 rings (SSSR count). The lowest BCUT2D eigenvalue weighted by molar-refractivity contribution is 0.0949. The van der Waals surface area contributed by atoms with E-state index in [0.717, 1.165) is 32.0 Å². The van der Waals surface area contributed by atoms with Gasteiger partial charge in [-0.25, -0.2) is 4.98 Å². The summed E-state index contributed by atoms with van der Waals surface area (Å²) >= 11 is 0. The van der Waals surface area contributed by atoms with E-state index in [1.54, 1.807) is 18.3 Å². The number of hydrogen-bond donors (Lipinski definition) is 2. The van der Waals surface area contributed by atoms with Crippen molar-refractivity contribution < 1.29 is 14.1 Å². The summed E-state index contributed by atoms with van der Waals surface area (Å²) in [6.45, 7) is 6.61. The Morgan fingerprint density at radius 2 is 2.28 bits per heavy atom. The highest BCUT2D eigenvalue weighted by Gasteiger charge is 2.15. The van der Waals surface area contributed by atoms with E-state index in [0.29, 0.717) is 23.2 Å². The van der Waals surface area contributed by atoms with Crippen LogP contribution in [0.4, 0.5) is 5.82 Å². The van der Waals surface area contributed by atoms with Crippen LogP contribution < -0.4 is 10.6 Å². The van der Waals surface area contributed by atoms with Crippen molar-refractivity contribution in [3.05, 3.63) is 35.6 Å². The van der Waals surface area contributed by atoms with Crippen molar-refractivity contribution >= 4 is 11.7 Å². The van der Waals surface area contributed by atoms with Crippen LogP contribution in [0, 0.1) is 5.92 Å². The van der Waals surface area contributed by atoms with Gasteiger partial charge in [0.25, 0.3) is 5.91 Å². The second-order valence-corrected chi connectivity index (χ2v) is 6.43. The molecule has 0 aromatic carbocycles. The van der Waals surface area contributed by atoms with Crippen molar-refractivity contribution in [2.24, 2.45) is 5.92 Å². The third-order valence-electron chi connectivity index (χ3n) is 4.01. The molecule has 0 aliphatic carbocycles. The molecule has 2 aromatic rings. The smallest absolute Gasteiger partial charge is 0.253 e. The molecule has 1 saturated heterocycles. The van der Waals surface area contributed by atoms with Gasteiger partial charge in [0.2, 0.25) is 5.89 Å². The van der Waals surface area contributed by atoms with Crippen LogP contribution in [0.1, 0.15) is 48.3 Å². The fourth-order valence-corrected chi connectivity index (χ4v) is 2.46. The summed E-state index contributed by atoms with van der Waals surface area (Å²) in [5.41, 5.74) is 0.488. The molecule has 0 saturated carbocycles. The number of nitrogens with one attached hydrogen (secondary N) is 2. The molecule has 0 bridgehead atoms. The molecular weight excluding hydrogens is 322 g/mol. The first kappa shape index (κ1) is 17.3. The van der Waals surface area contributed by atoms with Crippen molar-refractivity contribution in [1.29, 1.82) is 0 Å². The minimum absolute atomic E-state index is 0.164. The number of amides is 1. The van der Waals surface area contributed by atoms with E-state index in [1.807, 2.05) is 13.8 Å². The molecule has 2 N–H and O–H groups in total. The van der Waals surface area contributed by atoms with Crippen LogP contribution in [0.3, 0.4) is 0 Å². The Morgan fingerprint density at radius 3 is 2.92 bits per heavy atom. The Hall–Kier alpha value is -2.48. The maximum Gasteiger partial charge on any atom is 0.253 e. The topological polar surface area (TPSA) is 102 Å². The zero-order valence-electron chi connectivity index (χ0n) is 14.5. The van der Waals surface area contributed by atoms with Crippen LogP contribution in [0.2, 0.25) is 0 Å². The Kier molecular flexibility index (Phi) is 5.60. The highest BCUT2D eigenvalue weighted by Crippen LogP contribution is 2.14. The van der Waals surface area contributed by atoms with Crippen molar-refractivity contribution in [1.82, 2.24) is 20.4 Å². The summed E-state index contributed by atoms with van der Waals surface area (Å²) in [5, 5.41) is 9.87. The standard InChI is InChI=1S/C17H23N5O3/c1-11(2)17-21-15(22-25-17)9-20-16(23)13-3-4-14(19-8-13)18-7-12-5-6-24-10-12/h3-4,8,11-12H,5-7,9-10H2,1-2H3,(H,18,19)(H,20,23)/t12-/m1/s1. The summed E-state index contributed by atoms with van der Waals surface area (Å²) in [7, 11) is 0. The van der Waals surface area contributed by atoms with Crippen LogP contribution in [0.15, 0.2) is 22.9 Å². The van der Waals surface area contributed by atoms with Gasteiger partial charge >= 0.3 is 0 Å². The summed E-state index contributed by atoms with van der Waals surface area (Å²) < 4.78 is 10.5. The SMILES string of the molecule is CC(C)c1nc(CNC(=O)c2ccc(NC[C@H]3CCOC3)nc2)no1. The van der Waals surface area contributed by atoms with Crippen LogP contribution >= 0.6 is 0 Å². The van der Waals surface area contributed by atoms with Gasteiger partial charge < -0.3 is 19.9 Å². The zero-order chi connectivity index (χ0) is 17.6. The summed E-state index contributed by atoms with van der Waals surface area (Å²) in [6, 6.07) is 3.54. The van der Waals surface area contributed by atoms with Crippen molar-refractivity contribution in [3.8, 4) is 0 Å². The molecule has 0 spiro atoms. The molecule has 0 radical (unpaired) electrons. The molecule has 25 heavy (non-hydrogen) atoms. The lowest BCUT2D eigenvalue weighted by Crippen LogP contribution is -2.23. The normalized spacial score (nSPS) is 17.0. The molecule has 3 heterocycles. The van der Waals surface area contributed by atoms with Gasteiger partial charge in [-0.15, -0.1) is 0 Å². The third-order valence-corrected chi connectivity index (χ3v) is 4.01. The number of ether oxygens (including phenoxy) is 1. The van der Waals surface area contributed by atoms with Gasteiger partial charge in [-0.2, -0.15) is 4.98 Å². The van der Waals surface area contributed by atoms with Gasteiger partial charge in [0.1, 0.15) is 5.82 Å². The summed E-state index contributed by atoms with van der Waals surface area (Å²) in [5.74, 6) is 2.24. The predicted octanol–water partition coefficient (Wildman–Crippen LogP) is 1.97. The Balaban J connectivity index is 1.48. The van der Waals surface area contributed by atoms with Gasteiger partial charge in [0.15, 0.2) is 5.82 Å². The van der Waals surface area contributed by atoms with Gasteiger partial charge in [-0.05, 0) is 18.6 Å². The van der Waals surface area contributed by atoms with Gasteiger partial charge in [-0.1, -0.05) is 19.0 Å². The summed E-state index contributed by atoms with van der Waals surface area (Å²) in [6.07, 6.45) is 2.63. The van der Waals surface area contributed by atoms with Crippen LogP contribution in [0.25, 0.3) is 0 Å². The average Bonchev–Trinajstić information content (AvgIpc) is 3.30. The minimum Gasteiger partial charge on any atom is -0.381 e. The number of carbonyl (C=O) groups is 1. The molecule has 8 heteroatoms. The average molecular weight is 345 g/mol. The number of anilines is 1. The van der Waals surface area contributed by atoms with Crippen LogP contribution in [-0.4, -0.2) is 40.8 Å². The molecule has 1 fully saturated rings. The highest BCUT2D eigenvalue weighted by molar-refractivity contribution is 5.93. The Bertz CT molecular complexity index is 693. The van der Waals surface area contributed by atoms with E-state index in [9.17, 15) is 4.79 Å². The molecule has 134 valence electrons. The second kappa shape index (κ2) is 8.06. The first-order chi connectivity index (χ1) is 12.1. The van der Waals surface area contributed by atoms with E-state index in [2.05, 4.69) is 25.8 Å². The van der Waals surface area contributed by atoms with E-state index < -0.39 is 0 Å². The van der Waals surface area contributed by atoms with Crippen LogP contribution in [-0.2, 0) is 11.3 Å². The number of aromatic nitrogens is 3. The molecule has 2 aromatic heterocycles. The van der Waals surface area contributed by atoms with Crippen molar-refractivity contribution in [2.75, 3.05) is 25.1 Å². The lowest BCUT2D eigenvalue weighted by Gasteiger charge is -2.10. The quantitative estimate of drug-likeness (QED) is 0.791. The van der Waals surface area contributed by atoms with E-state index in [-0.39, 0.29) is 18.4 Å². The molecule has 1 aliphatic rings. The Morgan fingerprint density at radius 1 is 1.40 bits per heavy atom. The largest absolute Gasteiger partial charge is 0.381 e. The van der Waals surface area contributed by atoms with E-state index in [1.165, 1.54) is 0 Å². The summed E-state index contributed by atoms with van der Waals surface area (Å²) in [4.78, 5) is 20.7. The molecule has 1 aliphatic heterocycles. The van der Waals surface area contributed by atoms with Crippen molar-refractivity contribution in [3.63, 3.8) is 0 Å². The molecule has 0 unspecified atom stereocenters. The van der Waals surface area contributed by atoms with Gasteiger partial charge in [0, 0.05) is 31.2 Å². The number of pyridine rings is 1. The minimum atomic E-state index is -0.223. The van der Waals surface area contributed by atoms with Gasteiger partial charge in [-0.3, -0.25) is 4.79 Å². The third kappa shape index (κ3) is 4.76. The Labute approximate surface area is 146 Å². The number of carbonyl (C=O) groups excluding carboxylic acids is 1. The lowest BCUT2D eigenvalue weighted by atomic mass is 10.1. The highest BCUT2D eigenvalue weighted by atomic mass is 16.5. The number of nitrogens with zero attached hydrogens (tertiary/aromatic N) is 3. The van der Waals surface area contributed by atoms with Crippen molar-refractivity contribution in [2.45, 2.75) is 32.7 Å². The number of hydrogen-bond acceptors (Lipinski definition) is 7. The monoisotopic (exact) mass is 345 g/mol. The van der Waals surface area contributed by atoms with E-state index in [4.69, 9.17) is 9.26 Å². The zero-order valence-corrected chi connectivity index (χ0v) is 14.5. The fourth-order valence-electron chi connectivity index (χ4n) is 2.46. The molecule has 1 atom stereocenters.